The van der Waals surface area contributed by atoms with Gasteiger partial charge in [0, 0.05) is 5.02 Å². The van der Waals surface area contributed by atoms with Crippen molar-refractivity contribution < 1.29 is 14.4 Å². The molecule has 10 heteroatoms. The zero-order valence-corrected chi connectivity index (χ0v) is 15.8. The quantitative estimate of drug-likeness (QED) is 0.773. The molecule has 0 bridgehead atoms. The molecule has 4 rings (SSSR count). The van der Waals surface area contributed by atoms with Gasteiger partial charge in [-0.05, 0) is 30.3 Å². The molecule has 0 spiro atoms. The first-order chi connectivity index (χ1) is 13.5. The number of nitrogens with zero attached hydrogens (tertiary/aromatic N) is 4. The van der Waals surface area contributed by atoms with Gasteiger partial charge in [0.15, 0.2) is 12.1 Å². The van der Waals surface area contributed by atoms with Gasteiger partial charge in [-0.3, -0.25) is 19.4 Å². The maximum Gasteiger partial charge on any atom is 0.263 e. The second-order valence-electron chi connectivity index (χ2n) is 6.21. The molecule has 2 aliphatic rings. The Morgan fingerprint density at radius 1 is 1.07 bits per heavy atom. The van der Waals surface area contributed by atoms with Gasteiger partial charge in [-0.15, -0.1) is 0 Å². The smallest absolute Gasteiger partial charge is 0.263 e. The Labute approximate surface area is 169 Å². The van der Waals surface area contributed by atoms with Crippen molar-refractivity contribution >= 4 is 52.3 Å². The minimum absolute atomic E-state index is 0.259. The summed E-state index contributed by atoms with van der Waals surface area (Å²) >= 11 is 11.9. The minimum atomic E-state index is -0.959. The molecular formula is C18H13Cl2N5O3. The number of nitrogens with one attached hydrogen (secondary N) is 1. The van der Waals surface area contributed by atoms with E-state index in [-0.39, 0.29) is 11.6 Å². The van der Waals surface area contributed by atoms with Crippen molar-refractivity contribution in [2.45, 2.75) is 12.1 Å². The Morgan fingerprint density at radius 3 is 2.54 bits per heavy atom. The molecule has 2 atom stereocenters. The standard InChI is InChI=1S/C18H13Cl2N5O3/c19-10-6-7-13(12(20)8-10)21-14(26)9-24-16-15(22-23-24)17(27)25(18(16)28)11-4-2-1-3-5-11/h1-8,15-16H,9H2,(H,21,26)/t15-,16+/m0/s1. The number of hydrogen-bond acceptors (Lipinski definition) is 6. The Bertz CT molecular complexity index is 998. The summed E-state index contributed by atoms with van der Waals surface area (Å²) in [4.78, 5) is 38.9. The first kappa shape index (κ1) is 18.4. The minimum Gasteiger partial charge on any atom is -0.323 e. The number of carbonyl (C=O) groups excluding carboxylic acids is 3. The SMILES string of the molecule is O=C(CN1N=N[C@@H]2C(=O)N(c3ccccc3)C(=O)[C@@H]21)Nc1ccc(Cl)cc1Cl. The molecule has 3 amide bonds. The predicted molar refractivity (Wildman–Crippen MR) is 103 cm³/mol. The molecule has 0 saturated carbocycles. The van der Waals surface area contributed by atoms with Crippen LogP contribution in [0.4, 0.5) is 11.4 Å². The Hall–Kier alpha value is -2.97. The van der Waals surface area contributed by atoms with E-state index in [9.17, 15) is 14.4 Å². The molecular weight excluding hydrogens is 405 g/mol. The fourth-order valence-electron chi connectivity index (χ4n) is 3.11. The number of hydrogen-bond donors (Lipinski definition) is 1. The Kier molecular flexibility index (Phi) is 4.74. The Morgan fingerprint density at radius 2 is 1.82 bits per heavy atom. The fraction of sp³-hybridized carbons (Fsp3) is 0.167. The molecule has 1 fully saturated rings. The normalized spacial score (nSPS) is 20.6. The number of amides is 3. The highest BCUT2D eigenvalue weighted by Gasteiger charge is 2.55. The second kappa shape index (κ2) is 7.21. The van der Waals surface area contributed by atoms with Gasteiger partial charge in [0.1, 0.15) is 6.54 Å². The highest BCUT2D eigenvalue weighted by molar-refractivity contribution is 6.36. The molecule has 2 aliphatic heterocycles. The van der Waals surface area contributed by atoms with Crippen LogP contribution in [0.15, 0.2) is 58.9 Å². The molecule has 8 nitrogen and oxygen atoms in total. The lowest BCUT2D eigenvalue weighted by Crippen LogP contribution is -2.43. The zero-order valence-electron chi connectivity index (χ0n) is 14.3. The molecule has 1 saturated heterocycles. The predicted octanol–water partition coefficient (Wildman–Crippen LogP) is 2.93. The highest BCUT2D eigenvalue weighted by atomic mass is 35.5. The van der Waals surface area contributed by atoms with Crippen molar-refractivity contribution in [1.29, 1.82) is 0 Å². The number of benzene rings is 2. The molecule has 2 aromatic rings. The van der Waals surface area contributed by atoms with E-state index in [1.165, 1.54) is 11.1 Å². The van der Waals surface area contributed by atoms with E-state index in [1.807, 2.05) is 0 Å². The number of anilines is 2. The molecule has 0 unspecified atom stereocenters. The summed E-state index contributed by atoms with van der Waals surface area (Å²) in [6.07, 6.45) is 0. The molecule has 28 heavy (non-hydrogen) atoms. The maximum absolute atomic E-state index is 12.8. The lowest BCUT2D eigenvalue weighted by atomic mass is 10.1. The van der Waals surface area contributed by atoms with Gasteiger partial charge in [-0.1, -0.05) is 46.6 Å². The summed E-state index contributed by atoms with van der Waals surface area (Å²) in [5, 5.41) is 12.3. The van der Waals surface area contributed by atoms with Crippen LogP contribution in [-0.4, -0.2) is 41.4 Å². The third-order valence-electron chi connectivity index (χ3n) is 4.38. The lowest BCUT2D eigenvalue weighted by Gasteiger charge is -2.20. The first-order valence-electron chi connectivity index (χ1n) is 8.31. The lowest BCUT2D eigenvalue weighted by molar-refractivity contribution is -0.123. The van der Waals surface area contributed by atoms with Crippen LogP contribution in [0.2, 0.25) is 10.0 Å². The number of fused-ring (bicyclic) bond motifs is 1. The fourth-order valence-corrected chi connectivity index (χ4v) is 3.57. The van der Waals surface area contributed by atoms with Crippen molar-refractivity contribution in [3.8, 4) is 0 Å². The molecule has 1 N–H and O–H groups in total. The van der Waals surface area contributed by atoms with E-state index in [0.717, 1.165) is 4.90 Å². The summed E-state index contributed by atoms with van der Waals surface area (Å²) in [5.41, 5.74) is 0.836. The van der Waals surface area contributed by atoms with Crippen molar-refractivity contribution in [1.82, 2.24) is 5.01 Å². The van der Waals surface area contributed by atoms with Crippen LogP contribution in [0.3, 0.4) is 0 Å². The molecule has 0 aliphatic carbocycles. The van der Waals surface area contributed by atoms with Crippen LogP contribution in [0, 0.1) is 0 Å². The third kappa shape index (κ3) is 3.21. The molecule has 142 valence electrons. The topological polar surface area (TPSA) is 94.4 Å². The summed E-state index contributed by atoms with van der Waals surface area (Å²) in [5.74, 6) is -1.39. The van der Waals surface area contributed by atoms with Crippen LogP contribution in [-0.2, 0) is 14.4 Å². The van der Waals surface area contributed by atoms with Crippen LogP contribution in [0.5, 0.6) is 0 Å². The summed E-state index contributed by atoms with van der Waals surface area (Å²) in [6.45, 7) is -0.259. The summed E-state index contributed by atoms with van der Waals surface area (Å²) in [6, 6.07) is 11.3. The van der Waals surface area contributed by atoms with Gasteiger partial charge in [-0.25, -0.2) is 4.90 Å². The second-order valence-corrected chi connectivity index (χ2v) is 7.06. The number of rotatable bonds is 4. The average molecular weight is 418 g/mol. The number of halogens is 2. The van der Waals surface area contributed by atoms with Gasteiger partial charge in [-0.2, -0.15) is 5.11 Å². The van der Waals surface area contributed by atoms with E-state index < -0.39 is 29.8 Å². The van der Waals surface area contributed by atoms with E-state index in [1.54, 1.807) is 42.5 Å². The van der Waals surface area contributed by atoms with Crippen molar-refractivity contribution in [2.24, 2.45) is 10.3 Å². The molecule has 2 heterocycles. The monoisotopic (exact) mass is 417 g/mol. The largest absolute Gasteiger partial charge is 0.323 e. The third-order valence-corrected chi connectivity index (χ3v) is 4.93. The number of imide groups is 1. The van der Waals surface area contributed by atoms with E-state index in [2.05, 4.69) is 15.7 Å². The number of para-hydroxylation sites is 1. The van der Waals surface area contributed by atoms with Crippen LogP contribution < -0.4 is 10.2 Å². The maximum atomic E-state index is 12.8. The van der Waals surface area contributed by atoms with Gasteiger partial charge in [0.2, 0.25) is 5.91 Å². The highest BCUT2D eigenvalue weighted by Crippen LogP contribution is 2.32. The van der Waals surface area contributed by atoms with Crippen LogP contribution in [0.1, 0.15) is 0 Å². The van der Waals surface area contributed by atoms with E-state index in [0.29, 0.717) is 16.4 Å². The Balaban J connectivity index is 1.48. The number of carbonyl (C=O) groups is 3. The van der Waals surface area contributed by atoms with Gasteiger partial charge < -0.3 is 5.32 Å². The summed E-state index contributed by atoms with van der Waals surface area (Å²) in [7, 11) is 0. The van der Waals surface area contributed by atoms with Gasteiger partial charge >= 0.3 is 0 Å². The van der Waals surface area contributed by atoms with Crippen molar-refractivity contribution in [3.63, 3.8) is 0 Å². The van der Waals surface area contributed by atoms with Gasteiger partial charge in [0.05, 0.1) is 16.4 Å². The average Bonchev–Trinajstić information content (AvgIpc) is 3.18. The molecule has 0 aromatic heterocycles. The van der Waals surface area contributed by atoms with E-state index >= 15 is 0 Å². The van der Waals surface area contributed by atoms with E-state index in [4.69, 9.17) is 23.2 Å². The summed E-state index contributed by atoms with van der Waals surface area (Å²) < 4.78 is 0. The van der Waals surface area contributed by atoms with Gasteiger partial charge in [0.25, 0.3) is 11.8 Å². The van der Waals surface area contributed by atoms with Crippen molar-refractivity contribution in [3.05, 3.63) is 58.6 Å². The molecule has 2 aromatic carbocycles. The molecule has 0 radical (unpaired) electrons. The van der Waals surface area contributed by atoms with Crippen LogP contribution in [0.25, 0.3) is 0 Å². The first-order valence-corrected chi connectivity index (χ1v) is 9.06. The zero-order chi connectivity index (χ0) is 19.8. The van der Waals surface area contributed by atoms with Crippen LogP contribution >= 0.6 is 23.2 Å². The van der Waals surface area contributed by atoms with Crippen molar-refractivity contribution in [2.75, 3.05) is 16.8 Å².